The molecule has 0 atom stereocenters. The molecule has 0 unspecified atom stereocenters. The number of nitrogens with zero attached hydrogens (tertiary/aromatic N) is 2. The molecular formula is C21H28N2O3S. The van der Waals surface area contributed by atoms with Gasteiger partial charge in [0, 0.05) is 32.7 Å². The monoisotopic (exact) mass is 388 g/mol. The van der Waals surface area contributed by atoms with Crippen molar-refractivity contribution in [2.45, 2.75) is 19.6 Å². The molecule has 1 saturated heterocycles. The Morgan fingerprint density at radius 1 is 0.889 bits per heavy atom. The van der Waals surface area contributed by atoms with Crippen LogP contribution in [0.3, 0.4) is 0 Å². The summed E-state index contributed by atoms with van der Waals surface area (Å²) >= 11 is 0. The average Bonchev–Trinajstić information content (AvgIpc) is 2.65. The molecule has 0 amide bonds. The van der Waals surface area contributed by atoms with Gasteiger partial charge in [0.15, 0.2) is 0 Å². The predicted octanol–water partition coefficient (Wildman–Crippen LogP) is 2.83. The van der Waals surface area contributed by atoms with Crippen molar-refractivity contribution >= 4 is 10.0 Å². The number of hydrogen-bond acceptors (Lipinski definition) is 4. The summed E-state index contributed by atoms with van der Waals surface area (Å²) in [5.41, 5.74) is 3.03. The number of ether oxygens (including phenoxy) is 1. The van der Waals surface area contributed by atoms with E-state index >= 15 is 0 Å². The highest BCUT2D eigenvalue weighted by atomic mass is 32.2. The third-order valence-corrected chi connectivity index (χ3v) is 6.91. The van der Waals surface area contributed by atoms with Gasteiger partial charge in [0.25, 0.3) is 0 Å². The van der Waals surface area contributed by atoms with Crippen LogP contribution in [0.25, 0.3) is 0 Å². The van der Waals surface area contributed by atoms with Crippen LogP contribution in [0.4, 0.5) is 0 Å². The lowest BCUT2D eigenvalue weighted by Gasteiger charge is -2.34. The normalized spacial score (nSPS) is 16.4. The van der Waals surface area contributed by atoms with Crippen LogP contribution in [-0.4, -0.2) is 57.0 Å². The van der Waals surface area contributed by atoms with Crippen LogP contribution < -0.4 is 4.74 Å². The van der Waals surface area contributed by atoms with Crippen molar-refractivity contribution in [3.8, 4) is 5.75 Å². The summed E-state index contributed by atoms with van der Waals surface area (Å²) in [5.74, 6) is 0.993. The van der Waals surface area contributed by atoms with E-state index in [-0.39, 0.29) is 5.75 Å². The van der Waals surface area contributed by atoms with Gasteiger partial charge in [-0.2, -0.15) is 4.31 Å². The molecule has 0 N–H and O–H groups in total. The summed E-state index contributed by atoms with van der Waals surface area (Å²) in [6.45, 7) is 7.97. The third kappa shape index (κ3) is 5.31. The van der Waals surface area contributed by atoms with Gasteiger partial charge in [0.05, 0.1) is 5.75 Å². The number of sulfonamides is 1. The first kappa shape index (κ1) is 19.9. The fourth-order valence-electron chi connectivity index (χ4n) is 3.29. The summed E-state index contributed by atoms with van der Waals surface area (Å²) in [5, 5.41) is 0. The van der Waals surface area contributed by atoms with Crippen molar-refractivity contribution in [3.05, 3.63) is 65.2 Å². The van der Waals surface area contributed by atoms with Crippen LogP contribution >= 0.6 is 0 Å². The predicted molar refractivity (Wildman–Crippen MR) is 108 cm³/mol. The van der Waals surface area contributed by atoms with E-state index in [9.17, 15) is 8.42 Å². The Kier molecular flexibility index (Phi) is 6.52. The molecule has 27 heavy (non-hydrogen) atoms. The first-order valence-corrected chi connectivity index (χ1v) is 11.0. The largest absolute Gasteiger partial charge is 0.492 e. The van der Waals surface area contributed by atoms with Crippen molar-refractivity contribution < 1.29 is 13.2 Å². The Balaban J connectivity index is 1.47. The van der Waals surface area contributed by atoms with Gasteiger partial charge in [-0.05, 0) is 36.6 Å². The lowest BCUT2D eigenvalue weighted by Crippen LogP contribution is -2.49. The minimum atomic E-state index is -3.28. The molecular weight excluding hydrogens is 360 g/mol. The van der Waals surface area contributed by atoms with Crippen LogP contribution in [0, 0.1) is 13.8 Å². The molecule has 1 heterocycles. The lowest BCUT2D eigenvalue weighted by atomic mass is 10.1. The molecule has 2 aromatic carbocycles. The minimum Gasteiger partial charge on any atom is -0.492 e. The van der Waals surface area contributed by atoms with E-state index in [2.05, 4.69) is 4.90 Å². The number of aryl methyl sites for hydroxylation is 2. The van der Waals surface area contributed by atoms with Crippen LogP contribution in [-0.2, 0) is 15.8 Å². The van der Waals surface area contributed by atoms with Gasteiger partial charge >= 0.3 is 0 Å². The van der Waals surface area contributed by atoms with Gasteiger partial charge in [-0.1, -0.05) is 42.5 Å². The fraction of sp³-hybridized carbons (Fsp3) is 0.429. The maximum atomic E-state index is 12.7. The summed E-state index contributed by atoms with van der Waals surface area (Å²) in [4.78, 5) is 2.26. The number of hydrogen-bond donors (Lipinski definition) is 0. The Hall–Kier alpha value is -1.89. The van der Waals surface area contributed by atoms with E-state index in [1.54, 1.807) is 4.31 Å². The number of piperazine rings is 1. The molecule has 1 aliphatic rings. The number of para-hydroxylation sites is 1. The Labute approximate surface area is 162 Å². The molecule has 6 heteroatoms. The van der Waals surface area contributed by atoms with E-state index in [0.29, 0.717) is 19.7 Å². The zero-order chi connectivity index (χ0) is 19.3. The van der Waals surface area contributed by atoms with Crippen LogP contribution in [0.2, 0.25) is 0 Å². The smallest absolute Gasteiger partial charge is 0.218 e. The zero-order valence-electron chi connectivity index (χ0n) is 16.1. The van der Waals surface area contributed by atoms with Gasteiger partial charge in [-0.25, -0.2) is 8.42 Å². The molecule has 1 aliphatic heterocycles. The lowest BCUT2D eigenvalue weighted by molar-refractivity contribution is 0.158. The second-order valence-electron chi connectivity index (χ2n) is 7.04. The summed E-state index contributed by atoms with van der Waals surface area (Å²) in [6, 6.07) is 15.7. The fourth-order valence-corrected chi connectivity index (χ4v) is 4.91. The second kappa shape index (κ2) is 8.87. The van der Waals surface area contributed by atoms with Crippen molar-refractivity contribution in [2.24, 2.45) is 0 Å². The van der Waals surface area contributed by atoms with Gasteiger partial charge in [-0.15, -0.1) is 0 Å². The summed E-state index contributed by atoms with van der Waals surface area (Å²) in [6.07, 6.45) is 0. The maximum Gasteiger partial charge on any atom is 0.218 e. The first-order valence-electron chi connectivity index (χ1n) is 9.39. The van der Waals surface area contributed by atoms with E-state index in [0.717, 1.165) is 42.1 Å². The highest BCUT2D eigenvalue weighted by Crippen LogP contribution is 2.18. The minimum absolute atomic E-state index is 0.0794. The van der Waals surface area contributed by atoms with Gasteiger partial charge in [-0.3, -0.25) is 4.90 Å². The molecule has 0 spiro atoms. The molecule has 5 nitrogen and oxygen atoms in total. The molecule has 2 aromatic rings. The Bertz CT molecular complexity index is 859. The standard InChI is InChI=1S/C21H28N2O3S/c1-18-7-3-5-9-20(18)17-27(24,25)23-13-11-22(12-14-23)15-16-26-21-10-6-4-8-19(21)2/h3-10H,11-17H2,1-2H3. The van der Waals surface area contributed by atoms with Crippen molar-refractivity contribution in [2.75, 3.05) is 39.3 Å². The first-order chi connectivity index (χ1) is 13.0. The summed E-state index contributed by atoms with van der Waals surface area (Å²) in [7, 11) is -3.28. The summed E-state index contributed by atoms with van der Waals surface area (Å²) < 4.78 is 32.9. The zero-order valence-corrected chi connectivity index (χ0v) is 16.9. The van der Waals surface area contributed by atoms with Crippen molar-refractivity contribution in [1.82, 2.24) is 9.21 Å². The van der Waals surface area contributed by atoms with E-state index in [4.69, 9.17) is 4.74 Å². The highest BCUT2D eigenvalue weighted by Gasteiger charge is 2.27. The molecule has 0 radical (unpaired) electrons. The molecule has 0 aliphatic carbocycles. The Morgan fingerprint density at radius 2 is 1.52 bits per heavy atom. The molecule has 0 aromatic heterocycles. The molecule has 1 fully saturated rings. The van der Waals surface area contributed by atoms with Gasteiger partial charge in [0.1, 0.15) is 12.4 Å². The average molecular weight is 389 g/mol. The van der Waals surface area contributed by atoms with Crippen LogP contribution in [0.1, 0.15) is 16.7 Å². The quantitative estimate of drug-likeness (QED) is 0.732. The second-order valence-corrected chi connectivity index (χ2v) is 9.01. The third-order valence-electron chi connectivity index (χ3n) is 5.08. The topological polar surface area (TPSA) is 49.9 Å². The van der Waals surface area contributed by atoms with Gasteiger partial charge < -0.3 is 4.74 Å². The van der Waals surface area contributed by atoms with E-state index in [1.807, 2.05) is 62.4 Å². The van der Waals surface area contributed by atoms with E-state index in [1.165, 1.54) is 0 Å². The SMILES string of the molecule is Cc1ccccc1CS(=O)(=O)N1CCN(CCOc2ccccc2C)CC1. The molecule has 0 bridgehead atoms. The van der Waals surface area contributed by atoms with Crippen LogP contribution in [0.15, 0.2) is 48.5 Å². The van der Waals surface area contributed by atoms with Gasteiger partial charge in [0.2, 0.25) is 10.0 Å². The number of rotatable bonds is 7. The molecule has 3 rings (SSSR count). The Morgan fingerprint density at radius 3 is 2.19 bits per heavy atom. The highest BCUT2D eigenvalue weighted by molar-refractivity contribution is 7.88. The van der Waals surface area contributed by atoms with E-state index < -0.39 is 10.0 Å². The van der Waals surface area contributed by atoms with Crippen molar-refractivity contribution in [3.63, 3.8) is 0 Å². The molecule has 0 saturated carbocycles. The van der Waals surface area contributed by atoms with Crippen LogP contribution in [0.5, 0.6) is 5.75 Å². The molecule has 146 valence electrons. The maximum absolute atomic E-state index is 12.7. The van der Waals surface area contributed by atoms with Crippen molar-refractivity contribution in [1.29, 1.82) is 0 Å². The number of benzene rings is 2.